The van der Waals surface area contributed by atoms with E-state index in [2.05, 4.69) is 25.8 Å². The number of aliphatic hydroxyl groups excluding tert-OH is 1. The minimum absolute atomic E-state index is 0.00136. The molecule has 2 heteroatoms. The van der Waals surface area contributed by atoms with Crippen LogP contribution in [0.25, 0.3) is 0 Å². The zero-order chi connectivity index (χ0) is 10.6. The lowest BCUT2D eigenvalue weighted by atomic mass is 9.82. The number of nitrogens with zero attached hydrogens (tertiary/aromatic N) is 1. The van der Waals surface area contributed by atoms with Crippen LogP contribution >= 0.6 is 0 Å². The van der Waals surface area contributed by atoms with Gasteiger partial charge in [-0.25, -0.2) is 0 Å². The van der Waals surface area contributed by atoms with Crippen LogP contribution in [-0.4, -0.2) is 36.2 Å². The van der Waals surface area contributed by atoms with Crippen molar-refractivity contribution in [2.75, 3.05) is 20.1 Å². The van der Waals surface area contributed by atoms with E-state index in [-0.39, 0.29) is 6.10 Å². The van der Waals surface area contributed by atoms with E-state index in [4.69, 9.17) is 0 Å². The second-order valence-corrected chi connectivity index (χ2v) is 5.11. The quantitative estimate of drug-likeness (QED) is 0.708. The highest BCUT2D eigenvalue weighted by Crippen LogP contribution is 2.27. The van der Waals surface area contributed by atoms with Crippen molar-refractivity contribution in [3.05, 3.63) is 0 Å². The van der Waals surface area contributed by atoms with E-state index in [1.54, 1.807) is 0 Å². The highest BCUT2D eigenvalue weighted by atomic mass is 16.3. The lowest BCUT2D eigenvalue weighted by Gasteiger charge is -2.35. The molecule has 1 fully saturated rings. The van der Waals surface area contributed by atoms with E-state index in [1.807, 2.05) is 0 Å². The fourth-order valence-corrected chi connectivity index (χ4v) is 2.48. The van der Waals surface area contributed by atoms with E-state index in [0.717, 1.165) is 24.7 Å². The summed E-state index contributed by atoms with van der Waals surface area (Å²) in [5.74, 6) is 1.57. The lowest BCUT2D eigenvalue weighted by molar-refractivity contribution is 0.0266. The van der Waals surface area contributed by atoms with Crippen LogP contribution in [0.1, 0.15) is 39.5 Å². The Balaban J connectivity index is 2.06. The van der Waals surface area contributed by atoms with Gasteiger partial charge >= 0.3 is 0 Å². The second kappa shape index (κ2) is 5.72. The van der Waals surface area contributed by atoms with Crippen molar-refractivity contribution in [2.24, 2.45) is 11.8 Å². The Labute approximate surface area is 88.3 Å². The van der Waals surface area contributed by atoms with Gasteiger partial charge in [0, 0.05) is 13.1 Å². The summed E-state index contributed by atoms with van der Waals surface area (Å²) in [5, 5.41) is 9.18. The van der Waals surface area contributed by atoms with Crippen LogP contribution in [0.5, 0.6) is 0 Å². The molecule has 1 saturated carbocycles. The summed E-state index contributed by atoms with van der Waals surface area (Å²) < 4.78 is 0. The Morgan fingerprint density at radius 2 is 2.07 bits per heavy atom. The van der Waals surface area contributed by atoms with Gasteiger partial charge in [-0.2, -0.15) is 0 Å². The van der Waals surface area contributed by atoms with Crippen LogP contribution in [0.3, 0.4) is 0 Å². The predicted molar refractivity (Wildman–Crippen MR) is 60.3 cm³/mol. The molecule has 1 rings (SSSR count). The van der Waals surface area contributed by atoms with Gasteiger partial charge in [-0.1, -0.05) is 20.3 Å². The third-order valence-electron chi connectivity index (χ3n) is 3.19. The van der Waals surface area contributed by atoms with Gasteiger partial charge in [0.1, 0.15) is 0 Å². The van der Waals surface area contributed by atoms with Gasteiger partial charge in [-0.3, -0.25) is 0 Å². The topological polar surface area (TPSA) is 23.5 Å². The molecule has 1 atom stereocenters. The Hall–Kier alpha value is -0.0800. The summed E-state index contributed by atoms with van der Waals surface area (Å²) >= 11 is 0. The number of rotatable bonds is 6. The molecule has 0 aromatic heterocycles. The van der Waals surface area contributed by atoms with Gasteiger partial charge in [0.25, 0.3) is 0 Å². The first-order valence-electron chi connectivity index (χ1n) is 5.98. The summed E-state index contributed by atoms with van der Waals surface area (Å²) in [5.41, 5.74) is 0. The SMILES string of the molecule is CCCC(C)CN(C)CC1CC(O)C1. The minimum atomic E-state index is 0.00136. The van der Waals surface area contributed by atoms with Gasteiger partial charge in [0.05, 0.1) is 6.10 Å². The van der Waals surface area contributed by atoms with Crippen molar-refractivity contribution in [2.45, 2.75) is 45.6 Å². The molecule has 0 aromatic carbocycles. The zero-order valence-electron chi connectivity index (χ0n) is 9.87. The maximum atomic E-state index is 9.18. The largest absolute Gasteiger partial charge is 0.393 e. The summed E-state index contributed by atoms with van der Waals surface area (Å²) in [6.07, 6.45) is 4.66. The van der Waals surface area contributed by atoms with Crippen molar-refractivity contribution in [3.63, 3.8) is 0 Å². The highest BCUT2D eigenvalue weighted by molar-refractivity contribution is 4.80. The van der Waals surface area contributed by atoms with Crippen LogP contribution in [0.15, 0.2) is 0 Å². The monoisotopic (exact) mass is 199 g/mol. The van der Waals surface area contributed by atoms with Crippen molar-refractivity contribution in [1.82, 2.24) is 4.90 Å². The second-order valence-electron chi connectivity index (χ2n) is 5.11. The summed E-state index contributed by atoms with van der Waals surface area (Å²) in [6, 6.07) is 0. The average molecular weight is 199 g/mol. The molecule has 0 bridgehead atoms. The molecular formula is C12H25NO. The predicted octanol–water partition coefficient (Wildman–Crippen LogP) is 2.13. The molecule has 1 N–H and O–H groups in total. The molecule has 84 valence electrons. The third kappa shape index (κ3) is 3.97. The fourth-order valence-electron chi connectivity index (χ4n) is 2.48. The van der Waals surface area contributed by atoms with Crippen LogP contribution in [0.4, 0.5) is 0 Å². The molecule has 2 nitrogen and oxygen atoms in total. The summed E-state index contributed by atoms with van der Waals surface area (Å²) in [7, 11) is 2.21. The molecule has 14 heavy (non-hydrogen) atoms. The maximum Gasteiger partial charge on any atom is 0.0546 e. The first kappa shape index (κ1) is 12.0. The van der Waals surface area contributed by atoms with Gasteiger partial charge < -0.3 is 10.0 Å². The lowest BCUT2D eigenvalue weighted by Crippen LogP contribution is -2.38. The molecule has 1 aliphatic carbocycles. The van der Waals surface area contributed by atoms with Gasteiger partial charge in [0.15, 0.2) is 0 Å². The van der Waals surface area contributed by atoms with Crippen molar-refractivity contribution < 1.29 is 5.11 Å². The summed E-state index contributed by atoms with van der Waals surface area (Å²) in [6.45, 7) is 6.96. The van der Waals surface area contributed by atoms with Crippen LogP contribution < -0.4 is 0 Å². The first-order valence-corrected chi connectivity index (χ1v) is 5.98. The van der Waals surface area contributed by atoms with Crippen molar-refractivity contribution >= 4 is 0 Å². The normalized spacial score (nSPS) is 28.9. The Morgan fingerprint density at radius 3 is 2.57 bits per heavy atom. The van der Waals surface area contributed by atoms with E-state index in [0.29, 0.717) is 0 Å². The van der Waals surface area contributed by atoms with Crippen molar-refractivity contribution in [3.8, 4) is 0 Å². The van der Waals surface area contributed by atoms with Gasteiger partial charge in [0.2, 0.25) is 0 Å². The molecule has 0 radical (unpaired) electrons. The zero-order valence-corrected chi connectivity index (χ0v) is 9.87. The van der Waals surface area contributed by atoms with Crippen molar-refractivity contribution in [1.29, 1.82) is 0 Å². The molecule has 1 aliphatic rings. The summed E-state index contributed by atoms with van der Waals surface area (Å²) in [4.78, 5) is 2.43. The van der Waals surface area contributed by atoms with Gasteiger partial charge in [-0.15, -0.1) is 0 Å². The van der Waals surface area contributed by atoms with Crippen LogP contribution in [-0.2, 0) is 0 Å². The van der Waals surface area contributed by atoms with Gasteiger partial charge in [-0.05, 0) is 38.1 Å². The fraction of sp³-hybridized carbons (Fsp3) is 1.00. The molecule has 0 saturated heterocycles. The molecule has 0 amide bonds. The van der Waals surface area contributed by atoms with Crippen LogP contribution in [0, 0.1) is 11.8 Å². The third-order valence-corrected chi connectivity index (χ3v) is 3.19. The Bertz CT molecular complexity index is 148. The smallest absolute Gasteiger partial charge is 0.0546 e. The van der Waals surface area contributed by atoms with E-state index in [9.17, 15) is 5.11 Å². The molecule has 0 heterocycles. The first-order chi connectivity index (χ1) is 6.61. The Kier molecular flexibility index (Phi) is 4.90. The molecular weight excluding hydrogens is 174 g/mol. The number of aliphatic hydroxyl groups is 1. The molecule has 1 unspecified atom stereocenters. The minimum Gasteiger partial charge on any atom is -0.393 e. The average Bonchev–Trinajstić information content (AvgIpc) is 2.01. The van der Waals surface area contributed by atoms with E-state index < -0.39 is 0 Å². The van der Waals surface area contributed by atoms with E-state index in [1.165, 1.54) is 25.9 Å². The molecule has 0 spiro atoms. The molecule has 0 aromatic rings. The van der Waals surface area contributed by atoms with Crippen LogP contribution in [0.2, 0.25) is 0 Å². The Morgan fingerprint density at radius 1 is 1.43 bits per heavy atom. The number of hydrogen-bond donors (Lipinski definition) is 1. The maximum absolute atomic E-state index is 9.18. The number of hydrogen-bond acceptors (Lipinski definition) is 2. The highest BCUT2D eigenvalue weighted by Gasteiger charge is 2.27. The molecule has 0 aliphatic heterocycles. The standard InChI is InChI=1S/C12H25NO/c1-4-5-10(2)8-13(3)9-11-6-12(14)7-11/h10-12,14H,4-9H2,1-3H3. The van der Waals surface area contributed by atoms with E-state index >= 15 is 0 Å².